The predicted octanol–water partition coefficient (Wildman–Crippen LogP) is 0.181. The maximum atomic E-state index is 11.8. The van der Waals surface area contributed by atoms with Crippen LogP contribution in [-0.4, -0.2) is 37.6 Å². The molecule has 0 fully saturated rings. The van der Waals surface area contributed by atoms with Crippen molar-refractivity contribution in [1.29, 1.82) is 0 Å². The van der Waals surface area contributed by atoms with Crippen LogP contribution in [0.4, 0.5) is 0 Å². The first-order valence-corrected chi connectivity index (χ1v) is 7.30. The van der Waals surface area contributed by atoms with Crippen molar-refractivity contribution in [3.05, 3.63) is 12.5 Å². The van der Waals surface area contributed by atoms with Crippen LogP contribution >= 0.6 is 0 Å². The third-order valence-corrected chi connectivity index (χ3v) is 3.62. The van der Waals surface area contributed by atoms with Crippen molar-refractivity contribution in [2.75, 3.05) is 19.6 Å². The Morgan fingerprint density at radius 1 is 1.29 bits per heavy atom. The van der Waals surface area contributed by atoms with Gasteiger partial charge in [-0.3, -0.25) is 0 Å². The largest absolute Gasteiger partial charge is 0.336 e. The molecule has 0 radical (unpaired) electrons. The van der Waals surface area contributed by atoms with Crippen molar-refractivity contribution in [3.63, 3.8) is 0 Å². The molecular formula is C10H20N4O2S. The molecule has 0 aromatic carbocycles. The average Bonchev–Trinajstić information content (AvgIpc) is 2.78. The minimum atomic E-state index is -3.46. The fourth-order valence-corrected chi connectivity index (χ4v) is 2.28. The van der Waals surface area contributed by atoms with Gasteiger partial charge in [-0.25, -0.2) is 18.1 Å². The highest BCUT2D eigenvalue weighted by molar-refractivity contribution is 7.89. The predicted molar refractivity (Wildman–Crippen MR) is 66.3 cm³/mol. The molecule has 1 rings (SSSR count). The second-order valence-corrected chi connectivity index (χ2v) is 5.40. The molecule has 17 heavy (non-hydrogen) atoms. The molecule has 0 aliphatic carbocycles. The highest BCUT2D eigenvalue weighted by Crippen LogP contribution is 2.04. The van der Waals surface area contributed by atoms with Gasteiger partial charge in [-0.2, -0.15) is 0 Å². The molecule has 1 aromatic heterocycles. The standard InChI is InChI=1S/C10H20N4O2S/c1-3-5-11-6-7-13-17(15,16)10-8-14(4-2)9-12-10/h8-9,11,13H,3-7H2,1-2H3. The van der Waals surface area contributed by atoms with Gasteiger partial charge in [0.05, 0.1) is 6.33 Å². The Bertz CT molecular complexity index is 427. The lowest BCUT2D eigenvalue weighted by Crippen LogP contribution is -2.32. The highest BCUT2D eigenvalue weighted by atomic mass is 32.2. The number of imidazole rings is 1. The van der Waals surface area contributed by atoms with E-state index in [-0.39, 0.29) is 5.03 Å². The summed E-state index contributed by atoms with van der Waals surface area (Å²) in [4.78, 5) is 3.87. The van der Waals surface area contributed by atoms with Crippen molar-refractivity contribution in [1.82, 2.24) is 19.6 Å². The van der Waals surface area contributed by atoms with Gasteiger partial charge in [0, 0.05) is 25.8 Å². The normalized spacial score (nSPS) is 11.9. The molecule has 7 heteroatoms. The van der Waals surface area contributed by atoms with E-state index >= 15 is 0 Å². The van der Waals surface area contributed by atoms with Crippen LogP contribution in [0.3, 0.4) is 0 Å². The van der Waals surface area contributed by atoms with Gasteiger partial charge in [-0.05, 0) is 19.9 Å². The third-order valence-electron chi connectivity index (χ3n) is 2.27. The summed E-state index contributed by atoms with van der Waals surface area (Å²) in [5.74, 6) is 0. The summed E-state index contributed by atoms with van der Waals surface area (Å²) in [6.45, 7) is 6.60. The number of sulfonamides is 1. The van der Waals surface area contributed by atoms with Gasteiger partial charge in [0.2, 0.25) is 0 Å². The fourth-order valence-electron chi connectivity index (χ4n) is 1.30. The number of aryl methyl sites for hydroxylation is 1. The molecule has 0 atom stereocenters. The van der Waals surface area contributed by atoms with Crippen molar-refractivity contribution in [3.8, 4) is 0 Å². The first-order chi connectivity index (χ1) is 8.10. The molecule has 98 valence electrons. The van der Waals surface area contributed by atoms with Crippen molar-refractivity contribution in [2.45, 2.75) is 31.8 Å². The van der Waals surface area contributed by atoms with Gasteiger partial charge in [-0.1, -0.05) is 6.92 Å². The topological polar surface area (TPSA) is 76.0 Å². The Labute approximate surface area is 102 Å². The van der Waals surface area contributed by atoms with Crippen molar-refractivity contribution in [2.24, 2.45) is 0 Å². The Kier molecular flexibility index (Phi) is 5.60. The highest BCUT2D eigenvalue weighted by Gasteiger charge is 2.15. The molecule has 1 aromatic rings. The Morgan fingerprint density at radius 3 is 2.65 bits per heavy atom. The number of aromatic nitrogens is 2. The second-order valence-electron chi connectivity index (χ2n) is 3.69. The van der Waals surface area contributed by atoms with Crippen LogP contribution in [0.2, 0.25) is 0 Å². The van der Waals surface area contributed by atoms with Crippen molar-refractivity contribution >= 4 is 10.0 Å². The first-order valence-electron chi connectivity index (χ1n) is 5.82. The van der Waals surface area contributed by atoms with E-state index in [9.17, 15) is 8.42 Å². The zero-order valence-corrected chi connectivity index (χ0v) is 11.1. The second kappa shape index (κ2) is 6.73. The average molecular weight is 260 g/mol. The van der Waals surface area contributed by atoms with Gasteiger partial charge in [-0.15, -0.1) is 0 Å². The smallest absolute Gasteiger partial charge is 0.259 e. The summed E-state index contributed by atoms with van der Waals surface area (Å²) in [7, 11) is -3.46. The van der Waals surface area contributed by atoms with E-state index in [1.807, 2.05) is 6.92 Å². The molecule has 0 saturated heterocycles. The quantitative estimate of drug-likeness (QED) is 0.654. The third kappa shape index (κ3) is 4.45. The Morgan fingerprint density at radius 2 is 2.06 bits per heavy atom. The maximum absolute atomic E-state index is 11.8. The molecule has 0 bridgehead atoms. The SMILES string of the molecule is CCCNCCNS(=O)(=O)c1cn(CC)cn1. The van der Waals surface area contributed by atoms with Crippen molar-refractivity contribution < 1.29 is 8.42 Å². The monoisotopic (exact) mass is 260 g/mol. The van der Waals surface area contributed by atoms with Crippen LogP contribution in [0.25, 0.3) is 0 Å². The molecule has 0 unspecified atom stereocenters. The number of hydrogen-bond donors (Lipinski definition) is 2. The summed E-state index contributed by atoms with van der Waals surface area (Å²) in [5.41, 5.74) is 0. The summed E-state index contributed by atoms with van der Waals surface area (Å²) >= 11 is 0. The van der Waals surface area contributed by atoms with E-state index < -0.39 is 10.0 Å². The zero-order chi connectivity index (χ0) is 12.7. The first kappa shape index (κ1) is 14.1. The maximum Gasteiger partial charge on any atom is 0.259 e. The summed E-state index contributed by atoms with van der Waals surface area (Å²) in [6, 6.07) is 0. The molecule has 0 aliphatic heterocycles. The van der Waals surface area contributed by atoms with E-state index in [4.69, 9.17) is 0 Å². The van der Waals surface area contributed by atoms with Gasteiger partial charge in [0.25, 0.3) is 10.0 Å². The minimum Gasteiger partial charge on any atom is -0.336 e. The molecule has 0 aliphatic rings. The number of nitrogens with zero attached hydrogens (tertiary/aromatic N) is 2. The van der Waals surface area contributed by atoms with Gasteiger partial charge >= 0.3 is 0 Å². The molecule has 0 saturated carbocycles. The summed E-state index contributed by atoms with van der Waals surface area (Å²) < 4.78 is 27.8. The van der Waals surface area contributed by atoms with Gasteiger partial charge in [0.1, 0.15) is 0 Å². The van der Waals surface area contributed by atoms with Gasteiger partial charge < -0.3 is 9.88 Å². The number of hydrogen-bond acceptors (Lipinski definition) is 4. The van der Waals surface area contributed by atoms with E-state index in [2.05, 4.69) is 21.9 Å². The molecule has 6 nitrogen and oxygen atoms in total. The Hall–Kier alpha value is -0.920. The summed E-state index contributed by atoms with van der Waals surface area (Å²) in [5, 5.41) is 3.20. The van der Waals surface area contributed by atoms with E-state index in [0.717, 1.165) is 13.0 Å². The number of rotatable bonds is 8. The van der Waals surface area contributed by atoms with E-state index in [1.54, 1.807) is 4.57 Å². The van der Waals surface area contributed by atoms with Crippen LogP contribution < -0.4 is 10.0 Å². The van der Waals surface area contributed by atoms with Gasteiger partial charge in [0.15, 0.2) is 5.03 Å². The zero-order valence-electron chi connectivity index (χ0n) is 10.3. The summed E-state index contributed by atoms with van der Waals surface area (Å²) in [6.07, 6.45) is 4.08. The molecule has 0 amide bonds. The van der Waals surface area contributed by atoms with Crippen LogP contribution in [0.5, 0.6) is 0 Å². The molecule has 2 N–H and O–H groups in total. The van der Waals surface area contributed by atoms with E-state index in [0.29, 0.717) is 19.6 Å². The van der Waals surface area contributed by atoms with Crippen LogP contribution in [-0.2, 0) is 16.6 Å². The fraction of sp³-hybridized carbons (Fsp3) is 0.700. The Balaban J connectivity index is 2.45. The molecule has 0 spiro atoms. The van der Waals surface area contributed by atoms with Crippen LogP contribution in [0.15, 0.2) is 17.6 Å². The lowest BCUT2D eigenvalue weighted by atomic mass is 10.5. The molecule has 1 heterocycles. The number of nitrogens with one attached hydrogen (secondary N) is 2. The minimum absolute atomic E-state index is 0.0786. The lowest BCUT2D eigenvalue weighted by Gasteiger charge is -2.05. The van der Waals surface area contributed by atoms with Crippen LogP contribution in [0.1, 0.15) is 20.3 Å². The van der Waals surface area contributed by atoms with Crippen LogP contribution in [0, 0.1) is 0 Å². The molecular weight excluding hydrogens is 240 g/mol. The lowest BCUT2D eigenvalue weighted by molar-refractivity contribution is 0.572. The van der Waals surface area contributed by atoms with E-state index in [1.165, 1.54) is 12.5 Å².